The Hall–Kier alpha value is -2.30. The van der Waals surface area contributed by atoms with E-state index in [1.807, 2.05) is 21.0 Å². The van der Waals surface area contributed by atoms with Crippen LogP contribution >= 0.6 is 0 Å². The van der Waals surface area contributed by atoms with Crippen LogP contribution in [0.5, 0.6) is 11.5 Å². The maximum absolute atomic E-state index is 9.34. The van der Waals surface area contributed by atoms with Crippen LogP contribution in [-0.2, 0) is 9.47 Å². The van der Waals surface area contributed by atoms with Gasteiger partial charge in [-0.25, -0.2) is 4.99 Å². The molecule has 0 aromatic heterocycles. The first kappa shape index (κ1) is 18.0. The summed E-state index contributed by atoms with van der Waals surface area (Å²) in [6.07, 6.45) is 1.64. The molecule has 0 saturated carbocycles. The number of benzene rings is 1. The fourth-order valence-corrected chi connectivity index (χ4v) is 2.06. The Balaban J connectivity index is 2.26. The van der Waals surface area contributed by atoms with E-state index < -0.39 is 0 Å². The van der Waals surface area contributed by atoms with Gasteiger partial charge in [0.25, 0.3) is 0 Å². The molecule has 1 aromatic rings. The van der Waals surface area contributed by atoms with Crippen LogP contribution in [0.25, 0.3) is 0 Å². The summed E-state index contributed by atoms with van der Waals surface area (Å²) in [7, 11) is 3.73. The SMILES string of the molecule is CC1COCCOc2cc(C#N)c(/N=C/N(C)C)cc2OCCO1. The van der Waals surface area contributed by atoms with Crippen LogP contribution in [0.3, 0.4) is 0 Å². The summed E-state index contributed by atoms with van der Waals surface area (Å²) >= 11 is 0. The van der Waals surface area contributed by atoms with Gasteiger partial charge in [-0.3, -0.25) is 0 Å². The van der Waals surface area contributed by atoms with Crippen LogP contribution in [0.15, 0.2) is 17.1 Å². The van der Waals surface area contributed by atoms with Crippen LogP contribution < -0.4 is 9.47 Å². The summed E-state index contributed by atoms with van der Waals surface area (Å²) in [4.78, 5) is 6.11. The largest absolute Gasteiger partial charge is 0.487 e. The second-order valence-electron chi connectivity index (χ2n) is 5.59. The quantitative estimate of drug-likeness (QED) is 0.608. The minimum Gasteiger partial charge on any atom is -0.487 e. The van der Waals surface area contributed by atoms with Crippen molar-refractivity contribution in [2.24, 2.45) is 4.99 Å². The molecule has 0 fully saturated rings. The molecule has 1 aromatic carbocycles. The molecule has 1 atom stereocenters. The topological polar surface area (TPSA) is 76.3 Å². The molecule has 24 heavy (non-hydrogen) atoms. The lowest BCUT2D eigenvalue weighted by Gasteiger charge is -2.18. The van der Waals surface area contributed by atoms with E-state index in [0.717, 1.165) is 0 Å². The zero-order valence-corrected chi connectivity index (χ0v) is 14.3. The number of nitriles is 1. The number of hydrogen-bond donors (Lipinski definition) is 0. The molecule has 0 spiro atoms. The fraction of sp³-hybridized carbons (Fsp3) is 0.529. The number of fused-ring (bicyclic) bond motifs is 1. The zero-order valence-electron chi connectivity index (χ0n) is 14.3. The van der Waals surface area contributed by atoms with Crippen LogP contribution in [-0.4, -0.2) is 64.5 Å². The van der Waals surface area contributed by atoms with Crippen molar-refractivity contribution in [3.8, 4) is 17.6 Å². The van der Waals surface area contributed by atoms with Gasteiger partial charge in [-0.2, -0.15) is 5.26 Å². The number of nitrogens with zero attached hydrogens (tertiary/aromatic N) is 3. The summed E-state index contributed by atoms with van der Waals surface area (Å²) in [5, 5.41) is 9.34. The smallest absolute Gasteiger partial charge is 0.163 e. The molecule has 7 heteroatoms. The molecular weight excluding hydrogens is 310 g/mol. The highest BCUT2D eigenvalue weighted by Crippen LogP contribution is 2.35. The van der Waals surface area contributed by atoms with E-state index >= 15 is 0 Å². The Labute approximate surface area is 142 Å². The second-order valence-corrected chi connectivity index (χ2v) is 5.59. The minimum absolute atomic E-state index is 0.00807. The zero-order chi connectivity index (χ0) is 17.4. The van der Waals surface area contributed by atoms with Crippen LogP contribution in [0.4, 0.5) is 5.69 Å². The van der Waals surface area contributed by atoms with Gasteiger partial charge < -0.3 is 23.8 Å². The summed E-state index contributed by atoms with van der Waals surface area (Å²) in [6.45, 7) is 4.10. The summed E-state index contributed by atoms with van der Waals surface area (Å²) in [5.74, 6) is 1.05. The average Bonchev–Trinajstić information content (AvgIpc) is 2.55. The van der Waals surface area contributed by atoms with E-state index in [9.17, 15) is 5.26 Å². The van der Waals surface area contributed by atoms with Crippen LogP contribution in [0, 0.1) is 11.3 Å². The third-order valence-electron chi connectivity index (χ3n) is 3.19. The van der Waals surface area contributed by atoms with Gasteiger partial charge in [-0.05, 0) is 6.92 Å². The normalized spacial score (nSPS) is 19.2. The Bertz CT molecular complexity index is 611. The van der Waals surface area contributed by atoms with Gasteiger partial charge in [-0.15, -0.1) is 0 Å². The predicted octanol–water partition coefficient (Wildman–Crippen LogP) is 1.97. The molecule has 7 nitrogen and oxygen atoms in total. The van der Waals surface area contributed by atoms with Crippen molar-refractivity contribution in [1.29, 1.82) is 5.26 Å². The summed E-state index contributed by atoms with van der Waals surface area (Å²) in [6, 6.07) is 5.50. The van der Waals surface area contributed by atoms with Crippen molar-refractivity contribution >= 4 is 12.0 Å². The van der Waals surface area contributed by atoms with Gasteiger partial charge in [0.1, 0.15) is 19.3 Å². The molecule has 1 aliphatic heterocycles. The number of hydrogen-bond acceptors (Lipinski definition) is 6. The lowest BCUT2D eigenvalue weighted by molar-refractivity contribution is -0.0240. The van der Waals surface area contributed by atoms with E-state index in [4.69, 9.17) is 18.9 Å². The van der Waals surface area contributed by atoms with Crippen molar-refractivity contribution < 1.29 is 18.9 Å². The molecular formula is C17H23N3O4. The third kappa shape index (κ3) is 5.41. The third-order valence-corrected chi connectivity index (χ3v) is 3.19. The maximum Gasteiger partial charge on any atom is 0.163 e. The molecule has 0 amide bonds. The Morgan fingerprint density at radius 3 is 2.58 bits per heavy atom. The summed E-state index contributed by atoms with van der Waals surface area (Å²) in [5.41, 5.74) is 0.958. The Kier molecular flexibility index (Phi) is 6.85. The molecule has 0 aliphatic carbocycles. The lowest BCUT2D eigenvalue weighted by Crippen LogP contribution is -2.22. The van der Waals surface area contributed by atoms with E-state index in [0.29, 0.717) is 55.8 Å². The lowest BCUT2D eigenvalue weighted by atomic mass is 10.1. The standard InChI is InChI=1S/C17H23N3O4/c1-13-11-21-4-5-23-16-8-14(10-18)15(19-12-20(2)3)9-17(16)24-7-6-22-13/h8-9,12-13H,4-7,11H2,1-3H3/b19-12+. The molecule has 1 aliphatic rings. The molecule has 1 heterocycles. The van der Waals surface area contributed by atoms with Gasteiger partial charge in [0.05, 0.1) is 43.5 Å². The first-order valence-corrected chi connectivity index (χ1v) is 7.84. The maximum atomic E-state index is 9.34. The predicted molar refractivity (Wildman–Crippen MR) is 90.2 cm³/mol. The Morgan fingerprint density at radius 1 is 1.17 bits per heavy atom. The second kappa shape index (κ2) is 9.11. The summed E-state index contributed by atoms with van der Waals surface area (Å²) < 4.78 is 22.6. The van der Waals surface area contributed by atoms with E-state index in [2.05, 4.69) is 11.1 Å². The monoisotopic (exact) mass is 333 g/mol. The fourth-order valence-electron chi connectivity index (χ4n) is 2.06. The highest BCUT2D eigenvalue weighted by molar-refractivity contribution is 5.68. The first-order chi connectivity index (χ1) is 11.6. The minimum atomic E-state index is 0.00807. The molecule has 0 radical (unpaired) electrons. The number of rotatable bonds is 2. The molecule has 130 valence electrons. The number of aliphatic imine (C=N–C) groups is 1. The molecule has 0 bridgehead atoms. The van der Waals surface area contributed by atoms with Gasteiger partial charge in [0.2, 0.25) is 0 Å². The van der Waals surface area contributed by atoms with Gasteiger partial charge in [-0.1, -0.05) is 0 Å². The molecule has 1 unspecified atom stereocenters. The van der Waals surface area contributed by atoms with Crippen LogP contribution in [0.1, 0.15) is 12.5 Å². The van der Waals surface area contributed by atoms with Crippen molar-refractivity contribution in [1.82, 2.24) is 4.90 Å². The van der Waals surface area contributed by atoms with E-state index in [1.165, 1.54) is 0 Å². The van der Waals surface area contributed by atoms with Gasteiger partial charge in [0, 0.05) is 26.2 Å². The van der Waals surface area contributed by atoms with E-state index in [-0.39, 0.29) is 6.10 Å². The van der Waals surface area contributed by atoms with Crippen molar-refractivity contribution in [3.63, 3.8) is 0 Å². The van der Waals surface area contributed by atoms with Gasteiger partial charge in [0.15, 0.2) is 11.5 Å². The first-order valence-electron chi connectivity index (χ1n) is 7.84. The van der Waals surface area contributed by atoms with Gasteiger partial charge >= 0.3 is 0 Å². The van der Waals surface area contributed by atoms with Crippen molar-refractivity contribution in [2.75, 3.05) is 47.1 Å². The average molecular weight is 333 g/mol. The van der Waals surface area contributed by atoms with Crippen molar-refractivity contribution in [2.45, 2.75) is 13.0 Å². The van der Waals surface area contributed by atoms with Crippen LogP contribution in [0.2, 0.25) is 0 Å². The molecule has 0 saturated heterocycles. The Morgan fingerprint density at radius 2 is 1.88 bits per heavy atom. The van der Waals surface area contributed by atoms with Crippen molar-refractivity contribution in [3.05, 3.63) is 17.7 Å². The van der Waals surface area contributed by atoms with E-state index in [1.54, 1.807) is 23.4 Å². The molecule has 0 N–H and O–H groups in total. The highest BCUT2D eigenvalue weighted by Gasteiger charge is 2.13. The highest BCUT2D eigenvalue weighted by atomic mass is 16.6. The molecule has 2 rings (SSSR count). The number of ether oxygens (including phenoxy) is 4.